The largest absolute Gasteiger partial charge is 0.379 e. The maximum atomic E-state index is 13.3. The van der Waals surface area contributed by atoms with Gasteiger partial charge in [-0.15, -0.1) is 0 Å². The highest BCUT2D eigenvalue weighted by molar-refractivity contribution is 7.99. The molecule has 0 spiro atoms. The zero-order valence-corrected chi connectivity index (χ0v) is 21.9. The Morgan fingerprint density at radius 1 is 1.03 bits per heavy atom. The molecule has 7 heteroatoms. The third-order valence-corrected chi connectivity index (χ3v) is 8.63. The normalized spacial score (nSPS) is 22.8. The Labute approximate surface area is 222 Å². The van der Waals surface area contributed by atoms with Gasteiger partial charge in [0.25, 0.3) is 5.91 Å². The predicted octanol–water partition coefficient (Wildman–Crippen LogP) is 5.87. The van der Waals surface area contributed by atoms with Crippen molar-refractivity contribution in [1.29, 1.82) is 0 Å². The number of carbonyl (C=O) groups excluding carboxylic acids is 1. The van der Waals surface area contributed by atoms with E-state index in [0.717, 1.165) is 63.3 Å². The molecule has 0 unspecified atom stereocenters. The minimum Gasteiger partial charge on any atom is -0.379 e. The molecular formula is C29H32ClN3O2S. The second-order valence-electron chi connectivity index (χ2n) is 9.65. The number of nitrogens with one attached hydrogen (secondary N) is 1. The van der Waals surface area contributed by atoms with Crippen LogP contribution >= 0.6 is 23.4 Å². The lowest BCUT2D eigenvalue weighted by atomic mass is 9.74. The Kier molecular flexibility index (Phi) is 8.27. The standard InChI is InChI=1S/C29H32ClN3O2S/c30-23-8-10-25(11-9-23)36-28-26(7-4-16-31-28)27(34)32-24-12-14-29(15-13-24,33-17-19-35-20-18-33)21-22-5-2-1-3-6-22/h1-11,16,24H,12-15,17-21H2,(H,32,34). The van der Waals surface area contributed by atoms with Crippen molar-refractivity contribution in [2.45, 2.75) is 53.6 Å². The van der Waals surface area contributed by atoms with Gasteiger partial charge in [0.05, 0.1) is 18.8 Å². The summed E-state index contributed by atoms with van der Waals surface area (Å²) in [7, 11) is 0. The van der Waals surface area contributed by atoms with E-state index in [1.165, 1.54) is 17.3 Å². The fourth-order valence-corrected chi connectivity index (χ4v) is 6.45. The van der Waals surface area contributed by atoms with E-state index in [-0.39, 0.29) is 17.5 Å². The first kappa shape index (κ1) is 25.3. The van der Waals surface area contributed by atoms with E-state index in [1.807, 2.05) is 36.4 Å². The maximum Gasteiger partial charge on any atom is 0.254 e. The molecule has 1 amide bonds. The number of hydrogen-bond donors (Lipinski definition) is 1. The molecule has 1 aromatic heterocycles. The summed E-state index contributed by atoms with van der Waals surface area (Å²) in [4.78, 5) is 21.5. The van der Waals surface area contributed by atoms with Crippen molar-refractivity contribution in [2.75, 3.05) is 26.3 Å². The van der Waals surface area contributed by atoms with Gasteiger partial charge in [0.2, 0.25) is 0 Å². The monoisotopic (exact) mass is 521 g/mol. The maximum absolute atomic E-state index is 13.3. The fourth-order valence-electron chi connectivity index (χ4n) is 5.44. The number of carbonyl (C=O) groups is 1. The Bertz CT molecular complexity index is 1140. The van der Waals surface area contributed by atoms with Gasteiger partial charge >= 0.3 is 0 Å². The Hall–Kier alpha value is -2.38. The van der Waals surface area contributed by atoms with Gasteiger partial charge in [-0.05, 0) is 74.1 Å². The van der Waals surface area contributed by atoms with Crippen molar-refractivity contribution in [2.24, 2.45) is 0 Å². The third kappa shape index (κ3) is 6.12. The molecule has 36 heavy (non-hydrogen) atoms. The molecule has 1 saturated heterocycles. The van der Waals surface area contributed by atoms with Crippen molar-refractivity contribution >= 4 is 29.3 Å². The summed E-state index contributed by atoms with van der Waals surface area (Å²) >= 11 is 7.51. The molecule has 0 radical (unpaired) electrons. The molecule has 2 aromatic carbocycles. The van der Waals surface area contributed by atoms with Gasteiger partial charge in [-0.1, -0.05) is 53.7 Å². The number of rotatable bonds is 7. The van der Waals surface area contributed by atoms with Gasteiger partial charge in [-0.2, -0.15) is 0 Å². The molecule has 1 N–H and O–H groups in total. The van der Waals surface area contributed by atoms with Crippen molar-refractivity contribution in [3.05, 3.63) is 89.1 Å². The molecule has 5 nitrogen and oxygen atoms in total. The van der Waals surface area contributed by atoms with Crippen LogP contribution in [-0.4, -0.2) is 53.7 Å². The Morgan fingerprint density at radius 3 is 2.47 bits per heavy atom. The quantitative estimate of drug-likeness (QED) is 0.421. The molecule has 1 saturated carbocycles. The van der Waals surface area contributed by atoms with Gasteiger partial charge < -0.3 is 10.1 Å². The second kappa shape index (κ2) is 11.8. The third-order valence-electron chi connectivity index (χ3n) is 7.35. The van der Waals surface area contributed by atoms with Gasteiger partial charge in [0, 0.05) is 40.8 Å². The van der Waals surface area contributed by atoms with E-state index in [4.69, 9.17) is 16.3 Å². The van der Waals surface area contributed by atoms with Crippen LogP contribution in [0.15, 0.2) is 82.8 Å². The Morgan fingerprint density at radius 2 is 1.75 bits per heavy atom. The zero-order chi connectivity index (χ0) is 24.8. The summed E-state index contributed by atoms with van der Waals surface area (Å²) in [5, 5.41) is 4.72. The number of halogens is 1. The number of nitrogens with zero attached hydrogens (tertiary/aromatic N) is 2. The van der Waals surface area contributed by atoms with Gasteiger partial charge in [-0.3, -0.25) is 9.69 Å². The smallest absolute Gasteiger partial charge is 0.254 e. The summed E-state index contributed by atoms with van der Waals surface area (Å²) in [6, 6.07) is 22.2. The molecule has 2 heterocycles. The first-order chi connectivity index (χ1) is 17.6. The van der Waals surface area contributed by atoms with Crippen LogP contribution in [0, 0.1) is 0 Å². The van der Waals surface area contributed by atoms with E-state index in [2.05, 4.69) is 45.5 Å². The van der Waals surface area contributed by atoms with Crippen LogP contribution < -0.4 is 5.32 Å². The summed E-state index contributed by atoms with van der Waals surface area (Å²) in [5.74, 6) is -0.0495. The van der Waals surface area contributed by atoms with Crippen LogP contribution in [0.3, 0.4) is 0 Å². The minimum absolute atomic E-state index is 0.0495. The average Bonchev–Trinajstić information content (AvgIpc) is 2.92. The molecular weight excluding hydrogens is 490 g/mol. The zero-order valence-electron chi connectivity index (χ0n) is 20.4. The second-order valence-corrected chi connectivity index (χ2v) is 11.1. The van der Waals surface area contributed by atoms with Crippen LogP contribution in [0.25, 0.3) is 0 Å². The van der Waals surface area contributed by atoms with Crippen LogP contribution in [0.1, 0.15) is 41.6 Å². The van der Waals surface area contributed by atoms with Gasteiger partial charge in [-0.25, -0.2) is 4.98 Å². The molecule has 1 aliphatic heterocycles. The van der Waals surface area contributed by atoms with E-state index >= 15 is 0 Å². The molecule has 0 atom stereocenters. The molecule has 2 fully saturated rings. The van der Waals surface area contributed by atoms with E-state index in [1.54, 1.807) is 6.20 Å². The van der Waals surface area contributed by atoms with Crippen molar-refractivity contribution < 1.29 is 9.53 Å². The highest BCUT2D eigenvalue weighted by atomic mass is 35.5. The number of pyridine rings is 1. The minimum atomic E-state index is -0.0495. The average molecular weight is 522 g/mol. The molecule has 0 bridgehead atoms. The lowest BCUT2D eigenvalue weighted by Crippen LogP contribution is -2.58. The summed E-state index contributed by atoms with van der Waals surface area (Å²) < 4.78 is 5.65. The summed E-state index contributed by atoms with van der Waals surface area (Å²) in [5.41, 5.74) is 2.12. The first-order valence-electron chi connectivity index (χ1n) is 12.7. The van der Waals surface area contributed by atoms with E-state index in [0.29, 0.717) is 15.6 Å². The van der Waals surface area contributed by atoms with E-state index in [9.17, 15) is 4.79 Å². The highest BCUT2D eigenvalue weighted by Crippen LogP contribution is 2.38. The van der Waals surface area contributed by atoms with Crippen LogP contribution in [0.2, 0.25) is 5.02 Å². The number of aromatic nitrogens is 1. The number of morpholine rings is 1. The molecule has 3 aromatic rings. The lowest BCUT2D eigenvalue weighted by molar-refractivity contribution is -0.0400. The number of ether oxygens (including phenoxy) is 1. The number of benzene rings is 2. The topological polar surface area (TPSA) is 54.5 Å². The van der Waals surface area contributed by atoms with Crippen molar-refractivity contribution in [3.63, 3.8) is 0 Å². The fraction of sp³-hybridized carbons (Fsp3) is 0.379. The first-order valence-corrected chi connectivity index (χ1v) is 13.9. The number of hydrogen-bond acceptors (Lipinski definition) is 5. The highest BCUT2D eigenvalue weighted by Gasteiger charge is 2.41. The summed E-state index contributed by atoms with van der Waals surface area (Å²) in [6.07, 6.45) is 6.83. The van der Waals surface area contributed by atoms with Crippen molar-refractivity contribution in [1.82, 2.24) is 15.2 Å². The molecule has 2 aliphatic rings. The van der Waals surface area contributed by atoms with Crippen LogP contribution in [-0.2, 0) is 11.2 Å². The van der Waals surface area contributed by atoms with Crippen molar-refractivity contribution in [3.8, 4) is 0 Å². The lowest BCUT2D eigenvalue weighted by Gasteiger charge is -2.50. The molecule has 5 rings (SSSR count). The van der Waals surface area contributed by atoms with Crippen LogP contribution in [0.5, 0.6) is 0 Å². The van der Waals surface area contributed by atoms with Gasteiger partial charge in [0.15, 0.2) is 0 Å². The Balaban J connectivity index is 1.26. The summed E-state index contributed by atoms with van der Waals surface area (Å²) in [6.45, 7) is 3.55. The van der Waals surface area contributed by atoms with Crippen LogP contribution in [0.4, 0.5) is 0 Å². The number of amides is 1. The SMILES string of the molecule is O=C(NC1CCC(Cc2ccccc2)(N2CCOCC2)CC1)c1cccnc1Sc1ccc(Cl)cc1. The van der Waals surface area contributed by atoms with E-state index < -0.39 is 0 Å². The van der Waals surface area contributed by atoms with Gasteiger partial charge in [0.1, 0.15) is 5.03 Å². The molecule has 1 aliphatic carbocycles. The molecule has 188 valence electrons. The predicted molar refractivity (Wildman–Crippen MR) is 145 cm³/mol.